The van der Waals surface area contributed by atoms with Crippen LogP contribution in [0.15, 0.2) is 34.3 Å². The van der Waals surface area contributed by atoms with Gasteiger partial charge in [-0.25, -0.2) is 0 Å². The number of fused-ring (bicyclic) bond motifs is 1. The summed E-state index contributed by atoms with van der Waals surface area (Å²) in [6, 6.07) is 5.04. The number of aliphatic imine (C=N–C) groups is 1. The molecule has 0 bridgehead atoms. The number of pyridine rings is 1. The van der Waals surface area contributed by atoms with Crippen molar-refractivity contribution in [2.45, 2.75) is 10.3 Å². The Kier molecular flexibility index (Phi) is 4.08. The molecule has 1 N–H and O–H groups in total. The summed E-state index contributed by atoms with van der Waals surface area (Å²) in [6.07, 6.45) is 1.63. The van der Waals surface area contributed by atoms with Gasteiger partial charge < -0.3 is 9.84 Å². The van der Waals surface area contributed by atoms with Crippen molar-refractivity contribution in [3.05, 3.63) is 34.5 Å². The van der Waals surface area contributed by atoms with E-state index >= 15 is 0 Å². The molecule has 1 atom stereocenters. The predicted octanol–water partition coefficient (Wildman–Crippen LogP) is 2.75. The van der Waals surface area contributed by atoms with E-state index in [1.54, 1.807) is 12.3 Å². The number of phenolic OH excluding ortho intramolecular Hbond substituents is 1. The lowest BCUT2D eigenvalue weighted by molar-refractivity contribution is -0.491. The van der Waals surface area contributed by atoms with Crippen LogP contribution in [-0.2, 0) is 0 Å². The molecule has 0 aliphatic carbocycles. The molecule has 7 nitrogen and oxygen atoms in total. The number of methoxy groups -OCH3 is 1. The molecule has 2 aromatic rings. The molecule has 3 rings (SSSR count). The number of rotatable bonds is 3. The Labute approximate surface area is 133 Å². The van der Waals surface area contributed by atoms with Crippen molar-refractivity contribution in [3.63, 3.8) is 0 Å². The predicted molar refractivity (Wildman–Crippen MR) is 86.5 cm³/mol. The van der Waals surface area contributed by atoms with Crippen LogP contribution in [0.1, 0.15) is 0 Å². The molecule has 0 saturated carbocycles. The van der Waals surface area contributed by atoms with Crippen molar-refractivity contribution in [1.29, 1.82) is 0 Å². The topological polar surface area (TPSA) is 97.9 Å². The molecular formula is C13H11N3O4S2. The van der Waals surface area contributed by atoms with Gasteiger partial charge in [-0.15, -0.1) is 0 Å². The maximum absolute atomic E-state index is 10.8. The highest BCUT2D eigenvalue weighted by molar-refractivity contribution is 8.39. The first-order valence-electron chi connectivity index (χ1n) is 6.26. The fraction of sp³-hybridized carbons (Fsp3) is 0.231. The van der Waals surface area contributed by atoms with Gasteiger partial charge in [-0.05, 0) is 23.9 Å². The molecule has 22 heavy (non-hydrogen) atoms. The van der Waals surface area contributed by atoms with Gasteiger partial charge in [0.2, 0.25) is 0 Å². The average molecular weight is 337 g/mol. The Balaban J connectivity index is 1.93. The first-order valence-corrected chi connectivity index (χ1v) is 7.96. The van der Waals surface area contributed by atoms with E-state index in [0.717, 1.165) is 22.0 Å². The van der Waals surface area contributed by atoms with Gasteiger partial charge in [0.1, 0.15) is 10.9 Å². The largest absolute Gasteiger partial charge is 0.504 e. The fourth-order valence-electron chi connectivity index (χ4n) is 1.99. The number of phenols is 1. The number of nitrogens with zero attached hydrogens (tertiary/aromatic N) is 3. The summed E-state index contributed by atoms with van der Waals surface area (Å²) in [5, 5.41) is 20.7. The van der Waals surface area contributed by atoms with Gasteiger partial charge >= 0.3 is 0 Å². The van der Waals surface area contributed by atoms with Crippen molar-refractivity contribution in [2.24, 2.45) is 4.99 Å². The first kappa shape index (κ1) is 14.9. The van der Waals surface area contributed by atoms with Gasteiger partial charge in [0, 0.05) is 27.5 Å². The van der Waals surface area contributed by atoms with Crippen LogP contribution >= 0.6 is 23.5 Å². The lowest BCUT2D eigenvalue weighted by atomic mass is 10.2. The number of aromatic hydroxyl groups is 1. The zero-order chi connectivity index (χ0) is 15.7. The highest BCUT2D eigenvalue weighted by atomic mass is 32.2. The fourth-order valence-corrected chi connectivity index (χ4v) is 4.13. The lowest BCUT2D eigenvalue weighted by Crippen LogP contribution is -2.15. The average Bonchev–Trinajstić information content (AvgIpc) is 2.95. The zero-order valence-corrected chi connectivity index (χ0v) is 13.1. The van der Waals surface area contributed by atoms with Crippen LogP contribution < -0.4 is 4.74 Å². The van der Waals surface area contributed by atoms with Gasteiger partial charge in [-0.2, -0.15) is 0 Å². The van der Waals surface area contributed by atoms with Gasteiger partial charge in [-0.3, -0.25) is 20.1 Å². The third kappa shape index (κ3) is 2.81. The first-order chi connectivity index (χ1) is 10.6. The quantitative estimate of drug-likeness (QED) is 0.679. The standard InChI is InChI=1S/C13H11N3O4S2/c1-20-10-4-7-8(5-9(10)17)14-3-2-11(7)21-13-15-6-12(22-13)16(18)19/h2-5,12,17H,6H2,1H3. The Morgan fingerprint density at radius 1 is 1.55 bits per heavy atom. The minimum absolute atomic E-state index is 0.0191. The van der Waals surface area contributed by atoms with Crippen molar-refractivity contribution < 1.29 is 14.8 Å². The van der Waals surface area contributed by atoms with Crippen molar-refractivity contribution in [1.82, 2.24) is 4.98 Å². The number of hydrogen-bond donors (Lipinski definition) is 1. The summed E-state index contributed by atoms with van der Waals surface area (Å²) in [6.45, 7) is 0.188. The monoisotopic (exact) mass is 337 g/mol. The molecule has 0 amide bonds. The normalized spacial score (nSPS) is 17.5. The molecule has 2 heterocycles. The summed E-state index contributed by atoms with van der Waals surface area (Å²) < 4.78 is 5.77. The zero-order valence-electron chi connectivity index (χ0n) is 11.4. The van der Waals surface area contributed by atoms with Crippen LogP contribution in [0.5, 0.6) is 11.5 Å². The van der Waals surface area contributed by atoms with E-state index in [0.29, 0.717) is 15.6 Å². The highest BCUT2D eigenvalue weighted by Crippen LogP contribution is 2.39. The molecule has 0 saturated heterocycles. The molecule has 1 unspecified atom stereocenters. The number of benzene rings is 1. The Morgan fingerprint density at radius 3 is 3.05 bits per heavy atom. The summed E-state index contributed by atoms with van der Waals surface area (Å²) in [5.74, 6) is 0.372. The summed E-state index contributed by atoms with van der Waals surface area (Å²) >= 11 is 2.51. The minimum Gasteiger partial charge on any atom is -0.504 e. The van der Waals surface area contributed by atoms with Crippen molar-refractivity contribution >= 4 is 38.8 Å². The van der Waals surface area contributed by atoms with Crippen LogP contribution in [0.3, 0.4) is 0 Å². The second-order valence-corrected chi connectivity index (χ2v) is 6.87. The van der Waals surface area contributed by atoms with E-state index in [1.807, 2.05) is 6.07 Å². The molecule has 0 radical (unpaired) electrons. The van der Waals surface area contributed by atoms with Gasteiger partial charge in [-0.1, -0.05) is 11.8 Å². The molecule has 1 aliphatic heterocycles. The van der Waals surface area contributed by atoms with E-state index in [1.165, 1.54) is 24.9 Å². The van der Waals surface area contributed by atoms with Gasteiger partial charge in [0.25, 0.3) is 5.37 Å². The lowest BCUT2D eigenvalue weighted by Gasteiger charge is -2.08. The van der Waals surface area contributed by atoms with Crippen LogP contribution in [0.25, 0.3) is 10.9 Å². The van der Waals surface area contributed by atoms with Crippen molar-refractivity contribution in [2.75, 3.05) is 13.7 Å². The molecule has 0 spiro atoms. The second-order valence-electron chi connectivity index (χ2n) is 4.42. The molecule has 9 heteroatoms. The van der Waals surface area contributed by atoms with Gasteiger partial charge in [0.15, 0.2) is 11.5 Å². The molecule has 114 valence electrons. The van der Waals surface area contributed by atoms with Crippen LogP contribution in [-0.4, -0.2) is 38.4 Å². The number of hydrogen-bond acceptors (Lipinski definition) is 8. The number of nitro groups is 1. The SMILES string of the molecule is COc1cc2c(SC3=NCC([N+](=O)[O-])S3)ccnc2cc1O. The van der Waals surface area contributed by atoms with Gasteiger partial charge in [0.05, 0.1) is 12.6 Å². The van der Waals surface area contributed by atoms with Crippen LogP contribution in [0.4, 0.5) is 0 Å². The van der Waals surface area contributed by atoms with E-state index in [-0.39, 0.29) is 17.2 Å². The molecular weight excluding hydrogens is 326 g/mol. The molecule has 1 aromatic carbocycles. The molecule has 1 aromatic heterocycles. The third-order valence-corrected chi connectivity index (χ3v) is 5.39. The maximum atomic E-state index is 10.8. The summed E-state index contributed by atoms with van der Waals surface area (Å²) in [4.78, 5) is 19.7. The van der Waals surface area contributed by atoms with E-state index in [9.17, 15) is 15.2 Å². The Bertz CT molecular complexity index is 781. The van der Waals surface area contributed by atoms with Crippen LogP contribution in [0.2, 0.25) is 0 Å². The van der Waals surface area contributed by atoms with E-state index < -0.39 is 5.37 Å². The maximum Gasteiger partial charge on any atom is 0.283 e. The number of thioether (sulfide) groups is 2. The van der Waals surface area contributed by atoms with Crippen LogP contribution in [0, 0.1) is 10.1 Å². The van der Waals surface area contributed by atoms with Crippen molar-refractivity contribution in [3.8, 4) is 11.5 Å². The van der Waals surface area contributed by atoms with E-state index in [2.05, 4.69) is 9.98 Å². The summed E-state index contributed by atoms with van der Waals surface area (Å²) in [5.41, 5.74) is 0.623. The summed E-state index contributed by atoms with van der Waals surface area (Å²) in [7, 11) is 1.47. The smallest absolute Gasteiger partial charge is 0.283 e. The molecule has 0 fully saturated rings. The van der Waals surface area contributed by atoms with E-state index in [4.69, 9.17) is 4.74 Å². The highest BCUT2D eigenvalue weighted by Gasteiger charge is 2.29. The second kappa shape index (κ2) is 6.01. The number of ether oxygens (including phenoxy) is 1. The molecule has 1 aliphatic rings. The number of aromatic nitrogens is 1. The Morgan fingerprint density at radius 2 is 2.36 bits per heavy atom. The third-order valence-electron chi connectivity index (χ3n) is 3.05. The minimum atomic E-state index is -0.714. The Hall–Kier alpha value is -2.00.